The molecule has 3 N–H and O–H groups in total. The lowest BCUT2D eigenvalue weighted by atomic mass is 10.0. The summed E-state index contributed by atoms with van der Waals surface area (Å²) in [6.45, 7) is 5.40. The molecule has 158 valence electrons. The van der Waals surface area contributed by atoms with E-state index in [-0.39, 0.29) is 6.54 Å². The summed E-state index contributed by atoms with van der Waals surface area (Å²) < 4.78 is 16.3. The van der Waals surface area contributed by atoms with Crippen LogP contribution < -0.4 is 14.8 Å². The maximum absolute atomic E-state index is 11.7. The van der Waals surface area contributed by atoms with Crippen LogP contribution in [0.3, 0.4) is 0 Å². The van der Waals surface area contributed by atoms with Gasteiger partial charge in [0.05, 0.1) is 7.11 Å². The van der Waals surface area contributed by atoms with Crippen molar-refractivity contribution in [2.45, 2.75) is 45.2 Å². The number of alkyl carbamates (subject to hydrolysis) is 1. The first-order valence-corrected chi connectivity index (χ1v) is 9.37. The van der Waals surface area contributed by atoms with Gasteiger partial charge < -0.3 is 29.7 Å². The molecule has 0 aliphatic carbocycles. The first kappa shape index (κ1) is 22.5. The largest absolute Gasteiger partial charge is 0.493 e. The van der Waals surface area contributed by atoms with Crippen LogP contribution in [-0.4, -0.2) is 41.7 Å². The van der Waals surface area contributed by atoms with E-state index in [1.165, 1.54) is 7.11 Å². The minimum absolute atomic E-state index is 0.164. The highest BCUT2D eigenvalue weighted by Gasteiger charge is 2.22. The van der Waals surface area contributed by atoms with Crippen LogP contribution >= 0.6 is 0 Å². The number of ether oxygens (including phenoxy) is 3. The zero-order chi connectivity index (χ0) is 21.4. The molecular weight excluding hydrogens is 374 g/mol. The maximum Gasteiger partial charge on any atom is 0.407 e. The van der Waals surface area contributed by atoms with Crippen LogP contribution in [0.2, 0.25) is 0 Å². The molecule has 2 atom stereocenters. The van der Waals surface area contributed by atoms with Crippen molar-refractivity contribution >= 4 is 6.09 Å². The normalized spacial score (nSPS) is 13.3. The van der Waals surface area contributed by atoms with Gasteiger partial charge in [-0.1, -0.05) is 36.4 Å². The fourth-order valence-corrected chi connectivity index (χ4v) is 2.56. The van der Waals surface area contributed by atoms with Gasteiger partial charge in [-0.3, -0.25) is 0 Å². The highest BCUT2D eigenvalue weighted by atomic mass is 16.6. The number of hydrogen-bond acceptors (Lipinski definition) is 6. The van der Waals surface area contributed by atoms with E-state index in [2.05, 4.69) is 5.32 Å². The summed E-state index contributed by atoms with van der Waals surface area (Å²) >= 11 is 0. The Morgan fingerprint density at radius 3 is 2.38 bits per heavy atom. The van der Waals surface area contributed by atoms with Crippen LogP contribution in [0, 0.1) is 0 Å². The molecule has 0 saturated carbocycles. The van der Waals surface area contributed by atoms with E-state index in [4.69, 9.17) is 14.2 Å². The minimum Gasteiger partial charge on any atom is -0.493 e. The number of methoxy groups -OCH3 is 1. The number of carbonyl (C=O) groups is 1. The molecule has 0 aromatic heterocycles. The average molecular weight is 403 g/mol. The number of amides is 1. The summed E-state index contributed by atoms with van der Waals surface area (Å²) in [5.74, 6) is 0.957. The fourth-order valence-electron chi connectivity index (χ4n) is 2.56. The number of hydrogen-bond donors (Lipinski definition) is 3. The summed E-state index contributed by atoms with van der Waals surface area (Å²) in [4.78, 5) is 11.7. The summed E-state index contributed by atoms with van der Waals surface area (Å²) in [6, 6.07) is 14.6. The Labute approximate surface area is 171 Å². The molecule has 7 nitrogen and oxygen atoms in total. The van der Waals surface area contributed by atoms with Crippen molar-refractivity contribution in [2.24, 2.45) is 0 Å². The lowest BCUT2D eigenvalue weighted by Gasteiger charge is -2.22. The molecule has 0 heterocycles. The third-order valence-corrected chi connectivity index (χ3v) is 3.99. The number of benzene rings is 2. The van der Waals surface area contributed by atoms with E-state index < -0.39 is 23.9 Å². The van der Waals surface area contributed by atoms with Gasteiger partial charge in [0, 0.05) is 6.54 Å². The highest BCUT2D eigenvalue weighted by Crippen LogP contribution is 2.32. The zero-order valence-corrected chi connectivity index (χ0v) is 17.2. The summed E-state index contributed by atoms with van der Waals surface area (Å²) in [7, 11) is 1.53. The number of nitrogens with one attached hydrogen (secondary N) is 1. The number of carbonyl (C=O) groups excluding carboxylic acids is 1. The van der Waals surface area contributed by atoms with Gasteiger partial charge in [-0.2, -0.15) is 0 Å². The van der Waals surface area contributed by atoms with Crippen LogP contribution in [0.1, 0.15) is 38.0 Å². The van der Waals surface area contributed by atoms with Crippen LogP contribution in [0.15, 0.2) is 48.5 Å². The molecule has 2 aromatic carbocycles. The van der Waals surface area contributed by atoms with Crippen molar-refractivity contribution in [1.29, 1.82) is 0 Å². The fraction of sp³-hybridized carbons (Fsp3) is 0.409. The number of rotatable bonds is 8. The van der Waals surface area contributed by atoms with E-state index in [9.17, 15) is 15.0 Å². The predicted molar refractivity (Wildman–Crippen MR) is 109 cm³/mol. The molecule has 2 aromatic rings. The van der Waals surface area contributed by atoms with Crippen molar-refractivity contribution in [3.63, 3.8) is 0 Å². The van der Waals surface area contributed by atoms with E-state index in [1.807, 2.05) is 30.3 Å². The molecule has 0 saturated heterocycles. The zero-order valence-electron chi connectivity index (χ0n) is 17.2. The topological polar surface area (TPSA) is 97.2 Å². The standard InChI is InChI=1S/C22H29NO6/c1-22(2,3)29-21(26)23-13-17(24)20(25)16-10-11-18(27-4)19(12-16)28-14-15-8-6-5-7-9-15/h5-12,17,20,24-25H,13-14H2,1-4H3,(H,23,26). The number of aliphatic hydroxyl groups excluding tert-OH is 2. The summed E-state index contributed by atoms with van der Waals surface area (Å²) in [5, 5.41) is 23.2. The molecular formula is C22H29NO6. The highest BCUT2D eigenvalue weighted by molar-refractivity contribution is 5.67. The number of aliphatic hydroxyl groups is 2. The summed E-state index contributed by atoms with van der Waals surface area (Å²) in [6.07, 6.45) is -3.11. The molecule has 29 heavy (non-hydrogen) atoms. The Morgan fingerprint density at radius 1 is 1.07 bits per heavy atom. The molecule has 0 radical (unpaired) electrons. The predicted octanol–water partition coefficient (Wildman–Crippen LogP) is 3.19. The Hall–Kier alpha value is -2.77. The van der Waals surface area contributed by atoms with Crippen molar-refractivity contribution in [3.8, 4) is 11.5 Å². The SMILES string of the molecule is COc1ccc(C(O)C(O)CNC(=O)OC(C)(C)C)cc1OCc1ccccc1. The maximum atomic E-state index is 11.7. The molecule has 0 spiro atoms. The Morgan fingerprint density at radius 2 is 1.76 bits per heavy atom. The van der Waals surface area contributed by atoms with Crippen molar-refractivity contribution in [1.82, 2.24) is 5.32 Å². The third kappa shape index (κ3) is 7.29. The lowest BCUT2D eigenvalue weighted by Crippen LogP contribution is -2.38. The van der Waals surface area contributed by atoms with Gasteiger partial charge in [0.1, 0.15) is 24.4 Å². The summed E-state index contributed by atoms with van der Waals surface area (Å²) in [5.41, 5.74) is 0.781. The van der Waals surface area contributed by atoms with Gasteiger partial charge in [0.25, 0.3) is 0 Å². The second-order valence-electron chi connectivity index (χ2n) is 7.58. The molecule has 0 fully saturated rings. The van der Waals surface area contributed by atoms with E-state index >= 15 is 0 Å². The van der Waals surface area contributed by atoms with Gasteiger partial charge in [0.2, 0.25) is 0 Å². The monoisotopic (exact) mass is 403 g/mol. The quantitative estimate of drug-likeness (QED) is 0.626. The Kier molecular flexibility index (Phi) is 7.87. The lowest BCUT2D eigenvalue weighted by molar-refractivity contribution is 0.0128. The van der Waals surface area contributed by atoms with Gasteiger partial charge in [-0.05, 0) is 44.0 Å². The molecule has 1 amide bonds. The molecule has 2 unspecified atom stereocenters. The first-order valence-electron chi connectivity index (χ1n) is 9.37. The Balaban J connectivity index is 2.01. The van der Waals surface area contributed by atoms with Crippen LogP contribution in [-0.2, 0) is 11.3 Å². The van der Waals surface area contributed by atoms with Gasteiger partial charge in [0.15, 0.2) is 11.5 Å². The van der Waals surface area contributed by atoms with E-state index in [0.717, 1.165) is 5.56 Å². The third-order valence-electron chi connectivity index (χ3n) is 3.99. The van der Waals surface area contributed by atoms with Crippen molar-refractivity contribution in [2.75, 3.05) is 13.7 Å². The second kappa shape index (κ2) is 10.1. The van der Waals surface area contributed by atoms with Gasteiger partial charge >= 0.3 is 6.09 Å². The first-order chi connectivity index (χ1) is 13.7. The van der Waals surface area contributed by atoms with Crippen molar-refractivity contribution in [3.05, 3.63) is 59.7 Å². The second-order valence-corrected chi connectivity index (χ2v) is 7.58. The van der Waals surface area contributed by atoms with Crippen molar-refractivity contribution < 1.29 is 29.2 Å². The molecule has 7 heteroatoms. The van der Waals surface area contributed by atoms with Crippen LogP contribution in [0.25, 0.3) is 0 Å². The van der Waals surface area contributed by atoms with E-state index in [0.29, 0.717) is 23.7 Å². The molecule has 2 rings (SSSR count). The molecule has 0 aliphatic rings. The van der Waals surface area contributed by atoms with E-state index in [1.54, 1.807) is 39.0 Å². The Bertz CT molecular complexity index is 788. The smallest absolute Gasteiger partial charge is 0.407 e. The average Bonchev–Trinajstić information content (AvgIpc) is 2.69. The van der Waals surface area contributed by atoms with Gasteiger partial charge in [-0.25, -0.2) is 4.79 Å². The molecule has 0 bridgehead atoms. The van der Waals surface area contributed by atoms with Gasteiger partial charge in [-0.15, -0.1) is 0 Å². The van der Waals surface area contributed by atoms with Crippen LogP contribution in [0.5, 0.6) is 11.5 Å². The molecule has 0 aliphatic heterocycles. The minimum atomic E-state index is -1.23. The van der Waals surface area contributed by atoms with Crippen LogP contribution in [0.4, 0.5) is 4.79 Å².